The van der Waals surface area contributed by atoms with Crippen LogP contribution in [0.3, 0.4) is 0 Å². The van der Waals surface area contributed by atoms with E-state index >= 15 is 0 Å². The van der Waals surface area contributed by atoms with Gasteiger partial charge in [-0.05, 0) is 0 Å². The quantitative estimate of drug-likeness (QED) is 0.308. The van der Waals surface area contributed by atoms with Gasteiger partial charge in [-0.2, -0.15) is 5.06 Å². The molecule has 1 heterocycles. The van der Waals surface area contributed by atoms with Crippen molar-refractivity contribution in [3.63, 3.8) is 0 Å². The van der Waals surface area contributed by atoms with Crippen molar-refractivity contribution in [3.8, 4) is 0 Å². The molecule has 2 unspecified atom stereocenters. The van der Waals surface area contributed by atoms with Crippen LogP contribution in [0.2, 0.25) is 5.79 Å². The van der Waals surface area contributed by atoms with Crippen molar-refractivity contribution < 1.29 is 9.57 Å². The molecule has 0 bridgehead atoms. The van der Waals surface area contributed by atoms with Crippen LogP contribution in [-0.4, -0.2) is 45.6 Å². The molecular weight excluding hydrogens is 133 g/mol. The van der Waals surface area contributed by atoms with Crippen molar-refractivity contribution in [1.82, 2.24) is 5.06 Å². The molecule has 1 rings (SSSR count). The van der Waals surface area contributed by atoms with E-state index in [0.29, 0.717) is 4.97 Å². The molecule has 4 heteroatoms. The zero-order valence-electron chi connectivity index (χ0n) is 6.13. The molecule has 9 heavy (non-hydrogen) atoms. The zero-order chi connectivity index (χ0) is 6.85. The molecule has 0 N–H and O–H groups in total. The van der Waals surface area contributed by atoms with E-state index in [1.54, 1.807) is 12.2 Å². The summed E-state index contributed by atoms with van der Waals surface area (Å²) in [6, 6.07) is 0. The van der Waals surface area contributed by atoms with Crippen LogP contribution in [0.5, 0.6) is 0 Å². The van der Waals surface area contributed by atoms with E-state index in [1.807, 2.05) is 7.05 Å². The van der Waals surface area contributed by atoms with Crippen LogP contribution in [0.1, 0.15) is 0 Å². The maximum atomic E-state index is 5.28. The Hall–Kier alpha value is 0.412. The molecule has 1 aliphatic rings. The number of hydrogen-bond acceptors (Lipinski definition) is 3. The number of rotatable bonds is 3. The van der Waals surface area contributed by atoms with E-state index in [-0.39, 0.29) is 21.4 Å². The molecule has 3 nitrogen and oxygen atoms in total. The Labute approximate surface area is 61.6 Å². The first kappa shape index (κ1) is 7.52. The van der Waals surface area contributed by atoms with Crippen molar-refractivity contribution in [1.29, 1.82) is 0 Å². The number of epoxide rings is 1. The van der Waals surface area contributed by atoms with Gasteiger partial charge in [0, 0.05) is 12.0 Å². The van der Waals surface area contributed by atoms with Crippen molar-refractivity contribution in [2.24, 2.45) is 0 Å². The molecule has 0 radical (unpaired) electrons. The molecule has 1 saturated heterocycles. The van der Waals surface area contributed by atoms with Crippen molar-refractivity contribution in [3.05, 3.63) is 0 Å². The lowest BCUT2D eigenvalue weighted by atomic mass is 10.7. The number of nitrogens with zero attached hydrogens (tertiary/aromatic N) is 1. The van der Waals surface area contributed by atoms with Gasteiger partial charge in [0.25, 0.3) is 15.2 Å². The third kappa shape index (κ3) is 1.67. The first-order chi connectivity index (χ1) is 4.29. The van der Waals surface area contributed by atoms with E-state index in [2.05, 4.69) is 5.79 Å². The predicted molar refractivity (Wildman–Crippen MR) is 36.4 cm³/mol. The van der Waals surface area contributed by atoms with Gasteiger partial charge in [-0.1, -0.05) is 0 Å². The van der Waals surface area contributed by atoms with Crippen LogP contribution < -0.4 is 0 Å². The highest BCUT2D eigenvalue weighted by Crippen LogP contribution is 2.22. The first-order valence-electron chi connectivity index (χ1n) is 3.22. The largest absolute Gasteiger partial charge is 0.368 e. The Bertz CT molecular complexity index is 101. The molecule has 1 fully saturated rings. The van der Waals surface area contributed by atoms with Gasteiger partial charge in [0.1, 0.15) is 6.23 Å². The van der Waals surface area contributed by atoms with E-state index in [1.165, 1.54) is 0 Å². The van der Waals surface area contributed by atoms with Crippen LogP contribution in [0.4, 0.5) is 0 Å². The highest BCUT2D eigenvalue weighted by Gasteiger charge is 2.40. The van der Waals surface area contributed by atoms with Gasteiger partial charge in [0.15, 0.2) is 0 Å². The average Bonchev–Trinajstić information content (AvgIpc) is 2.64. The minimum atomic E-state index is 0.0164. The Morgan fingerprint density at radius 3 is 2.67 bits per heavy atom. The molecule has 0 aromatic carbocycles. The third-order valence-electron chi connectivity index (χ3n) is 1.60. The van der Waals surface area contributed by atoms with Crippen molar-refractivity contribution >= 4 is 15.2 Å². The van der Waals surface area contributed by atoms with Crippen LogP contribution in [0.25, 0.3) is 0 Å². The molecule has 0 aliphatic carbocycles. The molecule has 52 valence electrons. The van der Waals surface area contributed by atoms with E-state index < -0.39 is 0 Å². The second kappa shape index (κ2) is 3.00. The van der Waals surface area contributed by atoms with Gasteiger partial charge < -0.3 is 9.57 Å². The minimum absolute atomic E-state index is 0.0164. The lowest BCUT2D eigenvalue weighted by molar-refractivity contribution is -0.137. The summed E-state index contributed by atoms with van der Waals surface area (Å²) in [5.74, 6) is 2.24. The second-order valence-electron chi connectivity index (χ2n) is 2.20. The predicted octanol–water partition coefficient (Wildman–Crippen LogP) is -0.353. The maximum Gasteiger partial charge on any atom is 0.286 e. The number of hydrogen-bond donors (Lipinski definition) is 0. The Morgan fingerprint density at radius 1 is 1.67 bits per heavy atom. The molecule has 0 aromatic rings. The van der Waals surface area contributed by atoms with E-state index in [9.17, 15) is 0 Å². The van der Waals surface area contributed by atoms with Gasteiger partial charge >= 0.3 is 0 Å². The lowest BCUT2D eigenvalue weighted by Crippen LogP contribution is -2.23. The summed E-state index contributed by atoms with van der Waals surface area (Å²) in [4.78, 5) is 5.47. The summed E-state index contributed by atoms with van der Waals surface area (Å²) in [5, 5.41) is 1.77. The summed E-state index contributed by atoms with van der Waals surface area (Å²) in [6.45, 7) is 0. The Kier molecular flexibility index (Phi) is 2.51. The minimum Gasteiger partial charge on any atom is -0.368 e. The molecule has 0 saturated carbocycles. The highest BCUT2D eigenvalue weighted by molar-refractivity contribution is 6.36. The van der Waals surface area contributed by atoms with Gasteiger partial charge in [-0.15, -0.1) is 5.79 Å². The fourth-order valence-electron chi connectivity index (χ4n) is 0.855. The molecule has 2 atom stereocenters. The molecule has 0 aromatic heterocycles. The van der Waals surface area contributed by atoms with Gasteiger partial charge in [-0.3, -0.25) is 0 Å². The summed E-state index contributed by atoms with van der Waals surface area (Å²) < 4.78 is 5.28. The lowest BCUT2D eigenvalue weighted by Gasteiger charge is -2.08. The zero-order valence-corrected chi connectivity index (χ0v) is 7.54. The topological polar surface area (TPSA) is 25.0 Å². The molecule has 0 spiro atoms. The highest BCUT2D eigenvalue weighted by atomic mass is 27.1. The maximum absolute atomic E-state index is 5.28. The standard InChI is InChI=1S/C4H8NO2.CH3.Al.H/c1-5(6-2)4-3-7-4;;;/h3-4H,1-2H3;1H3;;. The van der Waals surface area contributed by atoms with E-state index in [0.717, 1.165) is 0 Å². The fraction of sp³-hybridized carbons (Fsp3) is 1.00. The van der Waals surface area contributed by atoms with Crippen LogP contribution in [-0.2, 0) is 9.57 Å². The van der Waals surface area contributed by atoms with Crippen molar-refractivity contribution in [2.75, 3.05) is 14.2 Å². The average molecular weight is 145 g/mol. The summed E-state index contributed by atoms with van der Waals surface area (Å²) >= 11 is 0.0164. The van der Waals surface area contributed by atoms with Crippen LogP contribution in [0.15, 0.2) is 0 Å². The third-order valence-corrected chi connectivity index (χ3v) is 3.00. The molecule has 1 aliphatic heterocycles. The second-order valence-corrected chi connectivity index (χ2v) is 3.82. The molecule has 0 amide bonds. The van der Waals surface area contributed by atoms with Gasteiger partial charge in [-0.25, -0.2) is 0 Å². The van der Waals surface area contributed by atoms with E-state index in [4.69, 9.17) is 9.57 Å². The van der Waals surface area contributed by atoms with Gasteiger partial charge in [0.05, 0.1) is 7.11 Å². The smallest absolute Gasteiger partial charge is 0.286 e. The molecular formula is C5H12AlNO2. The monoisotopic (exact) mass is 145 g/mol. The fourth-order valence-corrected chi connectivity index (χ4v) is 1.95. The SMILES string of the molecule is CON(C)C1O[CH]1[AlH][CH3]. The first-order valence-corrected chi connectivity index (χ1v) is 5.45. The summed E-state index contributed by atoms with van der Waals surface area (Å²) in [6.07, 6.45) is 0.270. The van der Waals surface area contributed by atoms with Crippen LogP contribution in [0, 0.1) is 0 Å². The van der Waals surface area contributed by atoms with Crippen molar-refractivity contribution in [2.45, 2.75) is 17.0 Å². The number of likely N-dealkylation sites (N-methyl/N-ethyl adjacent to an activating group) is 1. The normalized spacial score (nSPS) is 32.9. The number of ether oxygens (including phenoxy) is 1. The Balaban J connectivity index is 2.17. The van der Waals surface area contributed by atoms with Crippen LogP contribution >= 0.6 is 0 Å². The summed E-state index contributed by atoms with van der Waals surface area (Å²) in [7, 11) is 3.56. The Morgan fingerprint density at radius 2 is 2.33 bits per heavy atom. The van der Waals surface area contributed by atoms with Gasteiger partial charge in [0.2, 0.25) is 0 Å². The number of hydroxylamine groups is 2. The summed E-state index contributed by atoms with van der Waals surface area (Å²) in [5.41, 5.74) is 0.